The molecular formula is C11H20N2O3. The Labute approximate surface area is 96.1 Å². The van der Waals surface area contributed by atoms with Crippen molar-refractivity contribution < 1.29 is 13.9 Å². The summed E-state index contributed by atoms with van der Waals surface area (Å²) in [4.78, 5) is 4.17. The van der Waals surface area contributed by atoms with Gasteiger partial charge in [0, 0.05) is 20.1 Å². The summed E-state index contributed by atoms with van der Waals surface area (Å²) in [5.74, 6) is 1.52. The van der Waals surface area contributed by atoms with Crippen molar-refractivity contribution in [2.75, 3.05) is 33.4 Å². The SMILES string of the molecule is CCNCCc1ncc(COCCOC)o1. The summed E-state index contributed by atoms with van der Waals surface area (Å²) in [6.07, 6.45) is 2.53. The summed E-state index contributed by atoms with van der Waals surface area (Å²) < 4.78 is 15.7. The first-order chi connectivity index (χ1) is 7.86. The van der Waals surface area contributed by atoms with Crippen LogP contribution in [-0.2, 0) is 22.5 Å². The van der Waals surface area contributed by atoms with Crippen molar-refractivity contribution in [3.63, 3.8) is 0 Å². The van der Waals surface area contributed by atoms with Gasteiger partial charge in [-0.3, -0.25) is 0 Å². The van der Waals surface area contributed by atoms with E-state index in [1.807, 2.05) is 0 Å². The minimum atomic E-state index is 0.456. The Morgan fingerprint density at radius 2 is 2.31 bits per heavy atom. The van der Waals surface area contributed by atoms with Gasteiger partial charge in [-0.15, -0.1) is 0 Å². The number of aromatic nitrogens is 1. The molecule has 5 nitrogen and oxygen atoms in total. The van der Waals surface area contributed by atoms with Crippen LogP contribution in [0.1, 0.15) is 18.6 Å². The molecule has 1 aromatic heterocycles. The second kappa shape index (κ2) is 8.27. The van der Waals surface area contributed by atoms with Gasteiger partial charge in [0.2, 0.25) is 0 Å². The summed E-state index contributed by atoms with van der Waals surface area (Å²) in [5.41, 5.74) is 0. The van der Waals surface area contributed by atoms with E-state index >= 15 is 0 Å². The van der Waals surface area contributed by atoms with Crippen molar-refractivity contribution in [3.05, 3.63) is 17.8 Å². The Hall–Kier alpha value is -0.910. The van der Waals surface area contributed by atoms with Gasteiger partial charge in [0.15, 0.2) is 5.89 Å². The molecule has 0 aliphatic carbocycles. The summed E-state index contributed by atoms with van der Waals surface area (Å²) in [6, 6.07) is 0. The average Bonchev–Trinajstić information content (AvgIpc) is 2.73. The second-order valence-electron chi connectivity index (χ2n) is 3.37. The van der Waals surface area contributed by atoms with E-state index in [1.54, 1.807) is 13.3 Å². The van der Waals surface area contributed by atoms with E-state index in [9.17, 15) is 0 Å². The highest BCUT2D eigenvalue weighted by atomic mass is 16.5. The standard InChI is InChI=1S/C11H20N2O3/c1-3-12-5-4-11-13-8-10(16-11)9-15-7-6-14-2/h8,12H,3-7,9H2,1-2H3. The number of nitrogens with one attached hydrogen (secondary N) is 1. The number of rotatable bonds is 9. The quantitative estimate of drug-likeness (QED) is 0.639. The molecule has 0 amide bonds. The van der Waals surface area contributed by atoms with Gasteiger partial charge in [-0.25, -0.2) is 4.98 Å². The highest BCUT2D eigenvalue weighted by molar-refractivity contribution is 4.92. The molecule has 1 N–H and O–H groups in total. The van der Waals surface area contributed by atoms with Gasteiger partial charge in [0.05, 0.1) is 19.4 Å². The molecule has 1 aromatic rings. The molecule has 0 saturated carbocycles. The maximum Gasteiger partial charge on any atom is 0.195 e. The van der Waals surface area contributed by atoms with E-state index in [1.165, 1.54) is 0 Å². The van der Waals surface area contributed by atoms with Crippen LogP contribution in [0, 0.1) is 0 Å². The molecule has 1 rings (SSSR count). The maximum atomic E-state index is 5.49. The lowest BCUT2D eigenvalue weighted by atomic mass is 10.4. The zero-order valence-corrected chi connectivity index (χ0v) is 9.99. The van der Waals surface area contributed by atoms with Crippen molar-refractivity contribution in [3.8, 4) is 0 Å². The van der Waals surface area contributed by atoms with Crippen LogP contribution in [0.3, 0.4) is 0 Å². The highest BCUT2D eigenvalue weighted by Crippen LogP contribution is 2.05. The third-order valence-corrected chi connectivity index (χ3v) is 2.04. The van der Waals surface area contributed by atoms with Crippen LogP contribution >= 0.6 is 0 Å². The van der Waals surface area contributed by atoms with Gasteiger partial charge in [-0.1, -0.05) is 6.92 Å². The molecule has 0 fully saturated rings. The van der Waals surface area contributed by atoms with Crippen LogP contribution in [-0.4, -0.2) is 38.4 Å². The predicted octanol–water partition coefficient (Wildman–Crippen LogP) is 0.990. The number of hydrogen-bond donors (Lipinski definition) is 1. The molecule has 0 radical (unpaired) electrons. The second-order valence-corrected chi connectivity index (χ2v) is 3.37. The van der Waals surface area contributed by atoms with Crippen LogP contribution < -0.4 is 5.32 Å². The summed E-state index contributed by atoms with van der Waals surface area (Å²) in [7, 11) is 1.65. The Bertz CT molecular complexity index is 276. The van der Waals surface area contributed by atoms with E-state index < -0.39 is 0 Å². The zero-order chi connectivity index (χ0) is 11.6. The normalized spacial score (nSPS) is 10.9. The van der Waals surface area contributed by atoms with Gasteiger partial charge in [0.25, 0.3) is 0 Å². The van der Waals surface area contributed by atoms with Gasteiger partial charge in [-0.2, -0.15) is 0 Å². The third-order valence-electron chi connectivity index (χ3n) is 2.04. The molecule has 0 spiro atoms. The van der Waals surface area contributed by atoms with Crippen molar-refractivity contribution in [1.82, 2.24) is 10.3 Å². The molecule has 92 valence electrons. The molecule has 0 aliphatic heterocycles. The van der Waals surface area contributed by atoms with Gasteiger partial charge in [0.1, 0.15) is 12.4 Å². The van der Waals surface area contributed by atoms with Crippen LogP contribution in [0.4, 0.5) is 0 Å². The zero-order valence-electron chi connectivity index (χ0n) is 9.99. The largest absolute Gasteiger partial charge is 0.443 e. The number of oxazole rings is 1. The molecule has 5 heteroatoms. The molecule has 0 saturated heterocycles. The van der Waals surface area contributed by atoms with E-state index in [-0.39, 0.29) is 0 Å². The molecule has 1 heterocycles. The molecule has 16 heavy (non-hydrogen) atoms. The molecule has 0 bridgehead atoms. The Morgan fingerprint density at radius 3 is 3.06 bits per heavy atom. The summed E-state index contributed by atoms with van der Waals surface area (Å²) in [6.45, 7) is 5.56. The van der Waals surface area contributed by atoms with Gasteiger partial charge in [-0.05, 0) is 6.54 Å². The Kier molecular flexibility index (Phi) is 6.80. The Balaban J connectivity index is 2.17. The van der Waals surface area contributed by atoms with Crippen molar-refractivity contribution >= 4 is 0 Å². The third kappa shape index (κ3) is 5.25. The van der Waals surface area contributed by atoms with Crippen molar-refractivity contribution in [2.24, 2.45) is 0 Å². The Morgan fingerprint density at radius 1 is 1.44 bits per heavy atom. The van der Waals surface area contributed by atoms with Crippen LogP contribution in [0.2, 0.25) is 0 Å². The van der Waals surface area contributed by atoms with Crippen molar-refractivity contribution in [2.45, 2.75) is 20.0 Å². The summed E-state index contributed by atoms with van der Waals surface area (Å²) >= 11 is 0. The fraction of sp³-hybridized carbons (Fsp3) is 0.727. The molecule has 0 aromatic carbocycles. The van der Waals surface area contributed by atoms with Crippen molar-refractivity contribution in [1.29, 1.82) is 0 Å². The lowest BCUT2D eigenvalue weighted by Crippen LogP contribution is -2.16. The highest BCUT2D eigenvalue weighted by Gasteiger charge is 2.03. The first-order valence-electron chi connectivity index (χ1n) is 5.57. The van der Waals surface area contributed by atoms with E-state index in [4.69, 9.17) is 13.9 Å². The number of likely N-dealkylation sites (N-methyl/N-ethyl adjacent to an activating group) is 1. The molecular weight excluding hydrogens is 208 g/mol. The predicted molar refractivity (Wildman–Crippen MR) is 60.3 cm³/mol. The average molecular weight is 228 g/mol. The smallest absolute Gasteiger partial charge is 0.195 e. The lowest BCUT2D eigenvalue weighted by molar-refractivity contribution is 0.0534. The van der Waals surface area contributed by atoms with Crippen LogP contribution in [0.5, 0.6) is 0 Å². The number of hydrogen-bond acceptors (Lipinski definition) is 5. The van der Waals surface area contributed by atoms with E-state index in [0.717, 1.165) is 31.2 Å². The summed E-state index contributed by atoms with van der Waals surface area (Å²) in [5, 5.41) is 3.22. The maximum absolute atomic E-state index is 5.49. The number of methoxy groups -OCH3 is 1. The molecule has 0 unspecified atom stereocenters. The van der Waals surface area contributed by atoms with Gasteiger partial charge < -0.3 is 19.2 Å². The fourth-order valence-electron chi connectivity index (χ4n) is 1.22. The monoisotopic (exact) mass is 228 g/mol. The fourth-order valence-corrected chi connectivity index (χ4v) is 1.22. The van der Waals surface area contributed by atoms with E-state index in [2.05, 4.69) is 17.2 Å². The molecule has 0 aliphatic rings. The number of ether oxygens (including phenoxy) is 2. The first-order valence-corrected chi connectivity index (χ1v) is 5.57. The van der Waals surface area contributed by atoms with Crippen LogP contribution in [0.15, 0.2) is 10.6 Å². The minimum Gasteiger partial charge on any atom is -0.443 e. The number of nitrogens with zero attached hydrogens (tertiary/aromatic N) is 1. The topological polar surface area (TPSA) is 56.5 Å². The van der Waals surface area contributed by atoms with Gasteiger partial charge >= 0.3 is 0 Å². The molecule has 0 atom stereocenters. The minimum absolute atomic E-state index is 0.456. The van der Waals surface area contributed by atoms with Crippen LogP contribution in [0.25, 0.3) is 0 Å². The lowest BCUT2D eigenvalue weighted by Gasteiger charge is -2.00. The van der Waals surface area contributed by atoms with E-state index in [0.29, 0.717) is 19.8 Å². The first kappa shape index (κ1) is 13.2.